The fourth-order valence-electron chi connectivity index (χ4n) is 5.87. The number of piperidine rings is 1. The minimum atomic E-state index is -4.70. The van der Waals surface area contributed by atoms with Crippen LogP contribution in [0.5, 0.6) is 5.75 Å². The number of aliphatic hydroxyl groups excluding tert-OH is 1. The number of carbonyl (C=O) groups excluding carboxylic acids is 1. The molecule has 2 N–H and O–H groups in total. The molecule has 2 saturated carbocycles. The highest BCUT2D eigenvalue weighted by atomic mass is 19.4. The van der Waals surface area contributed by atoms with E-state index in [1.165, 1.54) is 12.1 Å². The molecule has 0 bridgehead atoms. The Hall–Kier alpha value is -1.80. The van der Waals surface area contributed by atoms with E-state index in [0.717, 1.165) is 44.1 Å². The standard InChI is InChI=1S/C21H25F3N2O3/c22-21(23,24)29-16-3-1-2-14(8-16)20-6-7-26(12-15(20)11-20)18(28)13-9-19(10-13)5-4-17(27)25-19/h1-3,8,13,15,17,25,27H,4-7,9-12H2/t13-,15?,17?,19+,20?. The van der Waals surface area contributed by atoms with Crippen molar-refractivity contribution in [2.75, 3.05) is 13.1 Å². The van der Waals surface area contributed by atoms with Crippen LogP contribution in [0.25, 0.3) is 0 Å². The number of halogens is 3. The zero-order valence-electron chi connectivity index (χ0n) is 16.0. The maximum absolute atomic E-state index is 12.9. The van der Waals surface area contributed by atoms with Crippen molar-refractivity contribution in [1.82, 2.24) is 10.2 Å². The number of carbonyl (C=O) groups is 1. The van der Waals surface area contributed by atoms with Crippen LogP contribution in [0.1, 0.15) is 44.1 Å². The van der Waals surface area contributed by atoms with Crippen LogP contribution in [-0.2, 0) is 10.2 Å². The second-order valence-electron chi connectivity index (χ2n) is 9.25. The summed E-state index contributed by atoms with van der Waals surface area (Å²) in [5.41, 5.74) is 0.695. The molecule has 4 fully saturated rings. The van der Waals surface area contributed by atoms with Crippen LogP contribution in [0, 0.1) is 11.8 Å². The Morgan fingerprint density at radius 1 is 1.24 bits per heavy atom. The monoisotopic (exact) mass is 410 g/mol. The van der Waals surface area contributed by atoms with Crippen LogP contribution in [0.15, 0.2) is 24.3 Å². The summed E-state index contributed by atoms with van der Waals surface area (Å²) in [6, 6.07) is 6.30. The maximum atomic E-state index is 12.9. The van der Waals surface area contributed by atoms with Gasteiger partial charge in [0.1, 0.15) is 12.0 Å². The second kappa shape index (κ2) is 6.35. The van der Waals surface area contributed by atoms with Crippen LogP contribution in [0.3, 0.4) is 0 Å². The van der Waals surface area contributed by atoms with E-state index in [1.807, 2.05) is 11.0 Å². The first-order chi connectivity index (χ1) is 13.7. The molecule has 5 nitrogen and oxygen atoms in total. The number of amides is 1. The van der Waals surface area contributed by atoms with E-state index in [4.69, 9.17) is 0 Å². The molecule has 3 atom stereocenters. The normalized spacial score (nSPS) is 38.5. The molecule has 158 valence electrons. The molecular formula is C21H25F3N2O3. The van der Waals surface area contributed by atoms with Crippen molar-refractivity contribution < 1.29 is 27.8 Å². The number of nitrogens with zero attached hydrogens (tertiary/aromatic N) is 1. The lowest BCUT2D eigenvalue weighted by Crippen LogP contribution is -2.58. The third kappa shape index (κ3) is 3.40. The zero-order valence-corrected chi connectivity index (χ0v) is 16.0. The highest BCUT2D eigenvalue weighted by molar-refractivity contribution is 5.80. The molecule has 2 aliphatic carbocycles. The summed E-state index contributed by atoms with van der Waals surface area (Å²) in [4.78, 5) is 14.8. The predicted octanol–water partition coefficient (Wildman–Crippen LogP) is 2.93. The number of aliphatic hydroxyl groups is 1. The Morgan fingerprint density at radius 2 is 2.03 bits per heavy atom. The van der Waals surface area contributed by atoms with Gasteiger partial charge in [-0.1, -0.05) is 12.1 Å². The molecule has 1 aromatic rings. The van der Waals surface area contributed by atoms with Crippen LogP contribution in [0.4, 0.5) is 13.2 Å². The quantitative estimate of drug-likeness (QED) is 0.805. The molecule has 8 heteroatoms. The summed E-state index contributed by atoms with van der Waals surface area (Å²) >= 11 is 0. The van der Waals surface area contributed by atoms with Gasteiger partial charge < -0.3 is 14.7 Å². The van der Waals surface area contributed by atoms with Gasteiger partial charge in [0, 0.05) is 30.0 Å². The molecule has 1 aromatic carbocycles. The third-order valence-electron chi connectivity index (χ3n) is 7.45. The molecule has 2 heterocycles. The van der Waals surface area contributed by atoms with Crippen LogP contribution in [0.2, 0.25) is 0 Å². The number of hydrogen-bond donors (Lipinski definition) is 2. The molecule has 0 aromatic heterocycles. The first kappa shape index (κ1) is 19.2. The summed E-state index contributed by atoms with van der Waals surface area (Å²) in [5, 5.41) is 12.9. The number of likely N-dealkylation sites (tertiary alicyclic amines) is 1. The number of rotatable bonds is 3. The van der Waals surface area contributed by atoms with Crippen molar-refractivity contribution >= 4 is 5.91 Å². The molecule has 1 amide bonds. The van der Waals surface area contributed by atoms with Crippen LogP contribution in [-0.4, -0.2) is 47.1 Å². The minimum absolute atomic E-state index is 0.0163. The molecule has 5 rings (SSSR count). The van der Waals surface area contributed by atoms with Gasteiger partial charge in [0.25, 0.3) is 0 Å². The van der Waals surface area contributed by atoms with Gasteiger partial charge >= 0.3 is 6.36 Å². The van der Waals surface area contributed by atoms with Gasteiger partial charge in [-0.15, -0.1) is 13.2 Å². The molecular weight excluding hydrogens is 385 g/mol. The Balaban J connectivity index is 1.20. The Kier molecular flexibility index (Phi) is 4.20. The number of nitrogens with one attached hydrogen (secondary N) is 1. The molecule has 0 radical (unpaired) electrons. The number of ether oxygens (including phenoxy) is 1. The van der Waals surface area contributed by atoms with Gasteiger partial charge in [0.2, 0.25) is 5.91 Å². The van der Waals surface area contributed by atoms with E-state index in [1.54, 1.807) is 6.07 Å². The Bertz CT molecular complexity index is 824. The average molecular weight is 410 g/mol. The zero-order chi connectivity index (χ0) is 20.4. The van der Waals surface area contributed by atoms with Gasteiger partial charge in [-0.25, -0.2) is 0 Å². The fourth-order valence-corrected chi connectivity index (χ4v) is 5.87. The summed E-state index contributed by atoms with van der Waals surface area (Å²) < 4.78 is 41.6. The highest BCUT2D eigenvalue weighted by Gasteiger charge is 2.59. The number of hydrogen-bond acceptors (Lipinski definition) is 4. The first-order valence-electron chi connectivity index (χ1n) is 10.3. The number of benzene rings is 1. The molecule has 2 aliphatic heterocycles. The largest absolute Gasteiger partial charge is 0.573 e. The average Bonchev–Trinajstić information content (AvgIpc) is 3.24. The lowest BCUT2D eigenvalue weighted by atomic mass is 9.67. The summed E-state index contributed by atoms with van der Waals surface area (Å²) in [5.74, 6) is 0.317. The van der Waals surface area contributed by atoms with E-state index in [0.29, 0.717) is 19.0 Å². The predicted molar refractivity (Wildman–Crippen MR) is 97.9 cm³/mol. The number of alkyl halides is 3. The van der Waals surface area contributed by atoms with Crippen LogP contribution >= 0.6 is 0 Å². The van der Waals surface area contributed by atoms with Crippen molar-refractivity contribution in [2.24, 2.45) is 11.8 Å². The smallest absolute Gasteiger partial charge is 0.406 e. The van der Waals surface area contributed by atoms with E-state index in [2.05, 4.69) is 10.1 Å². The van der Waals surface area contributed by atoms with E-state index < -0.39 is 12.6 Å². The first-order valence-corrected chi connectivity index (χ1v) is 10.3. The lowest BCUT2D eigenvalue weighted by molar-refractivity contribution is -0.274. The van der Waals surface area contributed by atoms with E-state index in [9.17, 15) is 23.1 Å². The van der Waals surface area contributed by atoms with Gasteiger partial charge in [-0.3, -0.25) is 10.1 Å². The highest BCUT2D eigenvalue weighted by Crippen LogP contribution is 2.60. The molecule has 2 saturated heterocycles. The Morgan fingerprint density at radius 3 is 2.69 bits per heavy atom. The van der Waals surface area contributed by atoms with Gasteiger partial charge in [-0.2, -0.15) is 0 Å². The van der Waals surface area contributed by atoms with E-state index in [-0.39, 0.29) is 28.5 Å². The summed E-state index contributed by atoms with van der Waals surface area (Å²) in [7, 11) is 0. The van der Waals surface area contributed by atoms with Gasteiger partial charge in [0.05, 0.1) is 0 Å². The van der Waals surface area contributed by atoms with Gasteiger partial charge in [-0.05, 0) is 62.1 Å². The molecule has 29 heavy (non-hydrogen) atoms. The van der Waals surface area contributed by atoms with Crippen molar-refractivity contribution in [3.63, 3.8) is 0 Å². The molecule has 3 unspecified atom stereocenters. The molecule has 4 aliphatic rings. The molecule has 1 spiro atoms. The van der Waals surface area contributed by atoms with E-state index >= 15 is 0 Å². The summed E-state index contributed by atoms with van der Waals surface area (Å²) in [6.45, 7) is 1.31. The van der Waals surface area contributed by atoms with Crippen molar-refractivity contribution in [3.05, 3.63) is 29.8 Å². The van der Waals surface area contributed by atoms with Crippen molar-refractivity contribution in [3.8, 4) is 5.75 Å². The SMILES string of the molecule is O=C([C@H]1C[C@]2(CCC(O)N2)C1)N1CCC2(c3cccc(OC(F)(F)F)c3)CC2C1. The van der Waals surface area contributed by atoms with Crippen molar-refractivity contribution in [2.45, 2.75) is 62.1 Å². The minimum Gasteiger partial charge on any atom is -0.406 e. The Labute approximate surface area is 167 Å². The fraction of sp³-hybridized carbons (Fsp3) is 0.667. The van der Waals surface area contributed by atoms with Crippen LogP contribution < -0.4 is 10.1 Å². The summed E-state index contributed by atoms with van der Waals surface area (Å²) in [6.07, 6.45) is -0.253. The van der Waals surface area contributed by atoms with Gasteiger partial charge in [0.15, 0.2) is 0 Å². The lowest BCUT2D eigenvalue weighted by Gasteiger charge is -2.47. The maximum Gasteiger partial charge on any atom is 0.573 e. The van der Waals surface area contributed by atoms with Crippen molar-refractivity contribution in [1.29, 1.82) is 0 Å². The second-order valence-corrected chi connectivity index (χ2v) is 9.25. The third-order valence-corrected chi connectivity index (χ3v) is 7.45. The number of fused-ring (bicyclic) bond motifs is 1. The topological polar surface area (TPSA) is 61.8 Å².